The number of anilines is 2. The van der Waals surface area contributed by atoms with Gasteiger partial charge in [-0.15, -0.1) is 11.3 Å². The molecule has 0 saturated carbocycles. The van der Waals surface area contributed by atoms with Gasteiger partial charge in [0.15, 0.2) is 5.13 Å². The molecule has 0 unspecified atom stereocenters. The molecule has 8 nitrogen and oxygen atoms in total. The maximum atomic E-state index is 12.2. The highest BCUT2D eigenvalue weighted by Gasteiger charge is 2.13. The first kappa shape index (κ1) is 21.0. The van der Waals surface area contributed by atoms with Gasteiger partial charge in [0.1, 0.15) is 5.69 Å². The molecule has 0 bridgehead atoms. The zero-order valence-corrected chi connectivity index (χ0v) is 16.8. The van der Waals surface area contributed by atoms with Crippen molar-refractivity contribution in [2.45, 2.75) is 6.54 Å². The van der Waals surface area contributed by atoms with Crippen molar-refractivity contribution in [3.63, 3.8) is 0 Å². The second-order valence-corrected chi connectivity index (χ2v) is 7.12. The number of urea groups is 1. The number of hydrogen-bond donors (Lipinski definition) is 4. The van der Waals surface area contributed by atoms with Crippen LogP contribution in [-0.2, 0) is 11.3 Å². The second kappa shape index (κ2) is 10.2. The van der Waals surface area contributed by atoms with Gasteiger partial charge in [-0.3, -0.25) is 14.9 Å². The zero-order chi connectivity index (χ0) is 21.3. The van der Waals surface area contributed by atoms with Crippen LogP contribution in [0.15, 0.2) is 60.0 Å². The summed E-state index contributed by atoms with van der Waals surface area (Å²) in [6.45, 7) is 3.95. The number of nitrogens with one attached hydrogen (secondary N) is 4. The SMILES string of the molecule is [CH2]c1cccc(NC(=O)CNC(=O)c2csc(NC(=O)NCc3ccccc3)n2)c1. The van der Waals surface area contributed by atoms with E-state index in [4.69, 9.17) is 0 Å². The average molecular weight is 422 g/mol. The van der Waals surface area contributed by atoms with Gasteiger partial charge in [-0.1, -0.05) is 42.5 Å². The number of rotatable bonds is 7. The molecule has 0 fully saturated rings. The topological polar surface area (TPSA) is 112 Å². The van der Waals surface area contributed by atoms with Crippen LogP contribution in [0.2, 0.25) is 0 Å². The van der Waals surface area contributed by atoms with Crippen molar-refractivity contribution in [3.8, 4) is 0 Å². The van der Waals surface area contributed by atoms with E-state index in [1.165, 1.54) is 5.38 Å². The van der Waals surface area contributed by atoms with Gasteiger partial charge in [0.2, 0.25) is 5.91 Å². The van der Waals surface area contributed by atoms with E-state index in [-0.39, 0.29) is 23.3 Å². The van der Waals surface area contributed by atoms with Crippen LogP contribution in [0.4, 0.5) is 15.6 Å². The summed E-state index contributed by atoms with van der Waals surface area (Å²) in [5.41, 5.74) is 2.45. The van der Waals surface area contributed by atoms with Gasteiger partial charge in [0, 0.05) is 17.6 Å². The Labute approximate surface area is 177 Å². The molecule has 9 heteroatoms. The monoisotopic (exact) mass is 422 g/mol. The molecule has 1 heterocycles. The highest BCUT2D eigenvalue weighted by Crippen LogP contribution is 2.15. The Balaban J connectivity index is 1.43. The van der Waals surface area contributed by atoms with Crippen LogP contribution in [0.5, 0.6) is 0 Å². The predicted molar refractivity (Wildman–Crippen MR) is 116 cm³/mol. The van der Waals surface area contributed by atoms with E-state index < -0.39 is 11.9 Å². The van der Waals surface area contributed by atoms with Gasteiger partial charge in [-0.05, 0) is 30.2 Å². The zero-order valence-electron chi connectivity index (χ0n) is 16.0. The minimum absolute atomic E-state index is 0.117. The summed E-state index contributed by atoms with van der Waals surface area (Å²) in [7, 11) is 0. The Morgan fingerprint density at radius 1 is 0.967 bits per heavy atom. The van der Waals surface area contributed by atoms with Gasteiger partial charge in [-0.2, -0.15) is 0 Å². The normalized spacial score (nSPS) is 10.2. The fourth-order valence-electron chi connectivity index (χ4n) is 2.46. The van der Waals surface area contributed by atoms with E-state index in [2.05, 4.69) is 33.2 Å². The second-order valence-electron chi connectivity index (χ2n) is 6.26. The maximum absolute atomic E-state index is 12.2. The van der Waals surface area contributed by atoms with Crippen LogP contribution in [0.1, 0.15) is 21.6 Å². The van der Waals surface area contributed by atoms with Crippen LogP contribution in [-0.4, -0.2) is 29.4 Å². The molecular formula is C21H20N5O3S. The van der Waals surface area contributed by atoms with Crippen molar-refractivity contribution < 1.29 is 14.4 Å². The van der Waals surface area contributed by atoms with E-state index in [9.17, 15) is 14.4 Å². The van der Waals surface area contributed by atoms with Crippen molar-refractivity contribution in [2.24, 2.45) is 0 Å². The van der Waals surface area contributed by atoms with E-state index in [0.29, 0.717) is 12.2 Å². The minimum Gasteiger partial charge on any atom is -0.342 e. The Hall–Kier alpha value is -3.72. The smallest absolute Gasteiger partial charge is 0.321 e. The van der Waals surface area contributed by atoms with Gasteiger partial charge in [0.25, 0.3) is 5.91 Å². The van der Waals surface area contributed by atoms with Crippen molar-refractivity contribution in [3.05, 3.63) is 83.7 Å². The number of thiazole rings is 1. The maximum Gasteiger partial charge on any atom is 0.321 e. The predicted octanol–water partition coefficient (Wildman–Crippen LogP) is 3.02. The molecule has 0 aliphatic rings. The van der Waals surface area contributed by atoms with E-state index in [1.54, 1.807) is 18.2 Å². The molecule has 0 aliphatic carbocycles. The summed E-state index contributed by atoms with van der Waals surface area (Å²) >= 11 is 1.11. The quantitative estimate of drug-likeness (QED) is 0.469. The standard InChI is InChI=1S/C21H20N5O3S/c1-14-6-5-9-16(10-14)24-18(27)12-22-19(28)17-13-30-21(25-17)26-20(29)23-11-15-7-3-2-4-8-15/h2-10,13H,1,11-12H2,(H,22,28)(H,24,27)(H2,23,25,26,29). The Bertz CT molecular complexity index is 1040. The number of carbonyl (C=O) groups is 3. The van der Waals surface area contributed by atoms with Gasteiger partial charge in [-0.25, -0.2) is 9.78 Å². The summed E-state index contributed by atoms with van der Waals surface area (Å²) in [5, 5.41) is 12.2. The fraction of sp³-hybridized carbons (Fsp3) is 0.0952. The summed E-state index contributed by atoms with van der Waals surface area (Å²) in [6.07, 6.45) is 0. The molecule has 3 aromatic rings. The molecule has 0 atom stereocenters. The number of nitrogens with zero attached hydrogens (tertiary/aromatic N) is 1. The van der Waals surface area contributed by atoms with Gasteiger partial charge >= 0.3 is 6.03 Å². The lowest BCUT2D eigenvalue weighted by molar-refractivity contribution is -0.115. The highest BCUT2D eigenvalue weighted by atomic mass is 32.1. The largest absolute Gasteiger partial charge is 0.342 e. The Kier molecular flexibility index (Phi) is 7.12. The number of carbonyl (C=O) groups excluding carboxylic acids is 3. The van der Waals surface area contributed by atoms with Crippen molar-refractivity contribution in [1.29, 1.82) is 0 Å². The molecule has 30 heavy (non-hydrogen) atoms. The van der Waals surface area contributed by atoms with Crippen LogP contribution >= 0.6 is 11.3 Å². The van der Waals surface area contributed by atoms with Gasteiger partial charge < -0.3 is 16.0 Å². The molecule has 4 N–H and O–H groups in total. The van der Waals surface area contributed by atoms with E-state index in [0.717, 1.165) is 22.5 Å². The van der Waals surface area contributed by atoms with Crippen molar-refractivity contribution in [2.75, 3.05) is 17.2 Å². The molecule has 153 valence electrons. The average Bonchev–Trinajstić information content (AvgIpc) is 3.20. The number of hydrogen-bond acceptors (Lipinski definition) is 5. The van der Waals surface area contributed by atoms with Crippen LogP contribution in [0.25, 0.3) is 0 Å². The minimum atomic E-state index is -0.509. The van der Waals surface area contributed by atoms with E-state index >= 15 is 0 Å². The third-order valence-corrected chi connectivity index (χ3v) is 4.63. The molecule has 0 aliphatic heterocycles. The number of benzene rings is 2. The first-order chi connectivity index (χ1) is 14.5. The number of aromatic nitrogens is 1. The van der Waals surface area contributed by atoms with Crippen LogP contribution in [0.3, 0.4) is 0 Å². The first-order valence-corrected chi connectivity index (χ1v) is 9.92. The molecule has 1 radical (unpaired) electrons. The third kappa shape index (κ3) is 6.42. The molecule has 0 spiro atoms. The molecule has 2 aromatic carbocycles. The molecular weight excluding hydrogens is 402 g/mol. The third-order valence-electron chi connectivity index (χ3n) is 3.87. The Morgan fingerprint density at radius 2 is 1.77 bits per heavy atom. The number of amides is 4. The highest BCUT2D eigenvalue weighted by molar-refractivity contribution is 7.14. The summed E-state index contributed by atoms with van der Waals surface area (Å²) in [5.74, 6) is -0.882. The van der Waals surface area contributed by atoms with Crippen LogP contribution in [0, 0.1) is 6.92 Å². The first-order valence-electron chi connectivity index (χ1n) is 9.04. The van der Waals surface area contributed by atoms with Crippen molar-refractivity contribution in [1.82, 2.24) is 15.6 Å². The summed E-state index contributed by atoms with van der Waals surface area (Å²) in [6, 6.07) is 16.1. The van der Waals surface area contributed by atoms with E-state index in [1.807, 2.05) is 36.4 Å². The summed E-state index contributed by atoms with van der Waals surface area (Å²) in [4.78, 5) is 40.2. The lowest BCUT2D eigenvalue weighted by Gasteiger charge is -2.07. The van der Waals surface area contributed by atoms with Crippen LogP contribution < -0.4 is 21.3 Å². The molecule has 3 rings (SSSR count). The lowest BCUT2D eigenvalue weighted by Crippen LogP contribution is -2.33. The van der Waals surface area contributed by atoms with Gasteiger partial charge in [0.05, 0.1) is 6.54 Å². The lowest BCUT2D eigenvalue weighted by atomic mass is 10.2. The van der Waals surface area contributed by atoms with Crippen molar-refractivity contribution >= 4 is 40.0 Å². The fourth-order valence-corrected chi connectivity index (χ4v) is 3.15. The summed E-state index contributed by atoms with van der Waals surface area (Å²) < 4.78 is 0. The Morgan fingerprint density at radius 3 is 2.53 bits per heavy atom. The molecule has 1 aromatic heterocycles. The molecule has 4 amide bonds. The molecule has 0 saturated heterocycles.